The average molecular weight is 633 g/mol. The van der Waals surface area contributed by atoms with Crippen LogP contribution < -0.4 is 14.4 Å². The van der Waals surface area contributed by atoms with Gasteiger partial charge < -0.3 is 18.9 Å². The zero-order chi connectivity index (χ0) is 32.3. The summed E-state index contributed by atoms with van der Waals surface area (Å²) in [6.45, 7) is 2.18. The van der Waals surface area contributed by atoms with Crippen LogP contribution >= 0.6 is 0 Å². The molecule has 5 aromatic carbocycles. The molecule has 6 rings (SSSR count). The first-order valence-corrected chi connectivity index (χ1v) is 16.6. The minimum absolute atomic E-state index is 0.252. The van der Waals surface area contributed by atoms with Crippen LogP contribution in [0.1, 0.15) is 13.3 Å². The van der Waals surface area contributed by atoms with Gasteiger partial charge in [0.25, 0.3) is 10.1 Å². The van der Waals surface area contributed by atoms with E-state index >= 15 is 0 Å². The van der Waals surface area contributed by atoms with Gasteiger partial charge in [0.2, 0.25) is 0 Å². The molecule has 0 bridgehead atoms. The van der Waals surface area contributed by atoms with Crippen LogP contribution in [-0.4, -0.2) is 37.0 Å². The molecule has 1 heterocycles. The summed E-state index contributed by atoms with van der Waals surface area (Å²) in [6, 6.07) is 38.9. The molecule has 0 amide bonds. The number of hydrogen-bond acceptors (Lipinski definition) is 5. The number of ether oxygens (including phenoxy) is 2. The summed E-state index contributed by atoms with van der Waals surface area (Å²) >= 11 is 0. The first-order chi connectivity index (χ1) is 22.3. The molecule has 46 heavy (non-hydrogen) atoms. The van der Waals surface area contributed by atoms with E-state index in [4.69, 9.17) is 9.47 Å². The number of methoxy groups -OCH3 is 2. The van der Waals surface area contributed by atoms with Crippen LogP contribution in [0.4, 0.5) is 17.1 Å². The molecule has 0 saturated heterocycles. The number of allylic oxidation sites excluding steroid dienone is 1. The predicted molar refractivity (Wildman–Crippen MR) is 187 cm³/mol. The van der Waals surface area contributed by atoms with E-state index in [2.05, 4.69) is 64.1 Å². The van der Waals surface area contributed by atoms with Gasteiger partial charge in [-0.15, -0.1) is 0 Å². The molecule has 0 aliphatic heterocycles. The van der Waals surface area contributed by atoms with Crippen LogP contribution in [0, 0.1) is 0 Å². The summed E-state index contributed by atoms with van der Waals surface area (Å²) in [4.78, 5) is 2.18. The third kappa shape index (κ3) is 6.22. The van der Waals surface area contributed by atoms with E-state index in [1.54, 1.807) is 27.2 Å². The van der Waals surface area contributed by atoms with E-state index in [1.165, 1.54) is 6.08 Å². The number of fused-ring (bicyclic) bond motifs is 3. The highest BCUT2D eigenvalue weighted by molar-refractivity contribution is 7.86. The van der Waals surface area contributed by atoms with E-state index in [0.717, 1.165) is 61.5 Å². The fourth-order valence-corrected chi connectivity index (χ4v) is 6.76. The van der Waals surface area contributed by atoms with Gasteiger partial charge in [0.15, 0.2) is 0 Å². The maximum absolute atomic E-state index is 12.0. The van der Waals surface area contributed by atoms with Crippen molar-refractivity contribution in [3.8, 4) is 22.6 Å². The van der Waals surface area contributed by atoms with Crippen molar-refractivity contribution in [1.82, 2.24) is 4.57 Å². The van der Waals surface area contributed by atoms with Crippen LogP contribution in [0.15, 0.2) is 127 Å². The second-order valence-corrected chi connectivity index (χ2v) is 12.7. The molecule has 1 atom stereocenters. The Balaban J connectivity index is 1.38. The standard InChI is InChI=1S/C38H36N2O5S/c1-4-7-34(46(41,42)43)24-25-39-37-9-6-5-8-35(37)36-23-12-28(26-38(36)39)27-10-13-29(14-11-27)40(30-15-19-32(44-2)20-16-30)31-17-21-33(45-3)22-18-31/h4-23,26,34H,24-25H2,1-3H3,(H,41,42,43)/b7-4+. The lowest BCUT2D eigenvalue weighted by molar-refractivity contribution is 0.415. The second kappa shape index (κ2) is 13.1. The number of nitrogens with zero attached hydrogens (tertiary/aromatic N) is 2. The fraction of sp³-hybridized carbons (Fsp3) is 0.158. The maximum Gasteiger partial charge on any atom is 0.271 e. The molecule has 7 nitrogen and oxygen atoms in total. The first-order valence-electron chi connectivity index (χ1n) is 15.1. The lowest BCUT2D eigenvalue weighted by atomic mass is 10.0. The zero-order valence-electron chi connectivity index (χ0n) is 26.0. The molecule has 0 spiro atoms. The molecule has 1 N–H and O–H groups in total. The molecular formula is C38H36N2O5S. The quantitative estimate of drug-likeness (QED) is 0.113. The van der Waals surface area contributed by atoms with Gasteiger partial charge in [-0.1, -0.05) is 54.6 Å². The highest BCUT2D eigenvalue weighted by atomic mass is 32.2. The minimum Gasteiger partial charge on any atom is -0.497 e. The van der Waals surface area contributed by atoms with Crippen molar-refractivity contribution in [2.45, 2.75) is 25.1 Å². The fourth-order valence-electron chi connectivity index (χ4n) is 6.00. The van der Waals surface area contributed by atoms with Gasteiger partial charge >= 0.3 is 0 Å². The van der Waals surface area contributed by atoms with Crippen LogP contribution in [-0.2, 0) is 16.7 Å². The Morgan fingerprint density at radius 2 is 1.24 bits per heavy atom. The van der Waals surface area contributed by atoms with Gasteiger partial charge in [0.1, 0.15) is 16.7 Å². The summed E-state index contributed by atoms with van der Waals surface area (Å²) in [7, 11) is -0.896. The van der Waals surface area contributed by atoms with Gasteiger partial charge in [-0.3, -0.25) is 4.55 Å². The number of hydrogen-bond donors (Lipinski definition) is 1. The summed E-state index contributed by atoms with van der Waals surface area (Å²) in [5.41, 5.74) is 7.11. The number of para-hydroxylation sites is 1. The van der Waals surface area contributed by atoms with Gasteiger partial charge in [-0.2, -0.15) is 8.42 Å². The number of aryl methyl sites for hydroxylation is 1. The minimum atomic E-state index is -4.21. The molecule has 0 aliphatic rings. The van der Waals surface area contributed by atoms with Crippen LogP contribution in [0.25, 0.3) is 32.9 Å². The highest BCUT2D eigenvalue weighted by Crippen LogP contribution is 2.38. The molecule has 0 aliphatic carbocycles. The molecule has 1 aromatic heterocycles. The Morgan fingerprint density at radius 3 is 1.78 bits per heavy atom. The number of benzene rings is 5. The van der Waals surface area contributed by atoms with Crippen molar-refractivity contribution in [2.24, 2.45) is 0 Å². The van der Waals surface area contributed by atoms with E-state index in [1.807, 2.05) is 60.7 Å². The van der Waals surface area contributed by atoms with Crippen molar-refractivity contribution in [3.05, 3.63) is 127 Å². The van der Waals surface area contributed by atoms with E-state index in [-0.39, 0.29) is 6.42 Å². The van der Waals surface area contributed by atoms with E-state index in [9.17, 15) is 13.0 Å². The molecule has 1 unspecified atom stereocenters. The van der Waals surface area contributed by atoms with Crippen molar-refractivity contribution in [3.63, 3.8) is 0 Å². The van der Waals surface area contributed by atoms with Crippen LogP contribution in [0.3, 0.4) is 0 Å². The number of rotatable bonds is 11. The third-order valence-electron chi connectivity index (χ3n) is 8.32. The maximum atomic E-state index is 12.0. The van der Waals surface area contributed by atoms with Gasteiger partial charge in [-0.25, -0.2) is 0 Å². The Hall–Kier alpha value is -5.05. The molecule has 6 aromatic rings. The molecule has 0 radical (unpaired) electrons. The summed E-state index contributed by atoms with van der Waals surface area (Å²) < 4.78 is 46.8. The van der Waals surface area contributed by atoms with Crippen molar-refractivity contribution >= 4 is 49.0 Å². The van der Waals surface area contributed by atoms with E-state index in [0.29, 0.717) is 6.54 Å². The third-order valence-corrected chi connectivity index (χ3v) is 9.48. The van der Waals surface area contributed by atoms with E-state index < -0.39 is 15.4 Å². The monoisotopic (exact) mass is 632 g/mol. The lowest BCUT2D eigenvalue weighted by Crippen LogP contribution is -2.20. The Kier molecular flexibility index (Phi) is 8.83. The van der Waals surface area contributed by atoms with Crippen molar-refractivity contribution < 1.29 is 22.4 Å². The largest absolute Gasteiger partial charge is 0.497 e. The second-order valence-electron chi connectivity index (χ2n) is 11.0. The van der Waals surface area contributed by atoms with Crippen molar-refractivity contribution in [2.75, 3.05) is 19.1 Å². The Morgan fingerprint density at radius 1 is 0.717 bits per heavy atom. The average Bonchev–Trinajstić information content (AvgIpc) is 3.40. The summed E-state index contributed by atoms with van der Waals surface area (Å²) in [5, 5.41) is 1.22. The zero-order valence-corrected chi connectivity index (χ0v) is 26.8. The predicted octanol–water partition coefficient (Wildman–Crippen LogP) is 9.17. The van der Waals surface area contributed by atoms with Gasteiger partial charge in [0.05, 0.1) is 14.2 Å². The molecule has 0 saturated carbocycles. The topological polar surface area (TPSA) is 81.0 Å². The number of anilines is 3. The molecule has 0 fully saturated rings. The van der Waals surface area contributed by atoms with Crippen LogP contribution in [0.2, 0.25) is 0 Å². The Labute approximate surface area is 269 Å². The molecule has 8 heteroatoms. The lowest BCUT2D eigenvalue weighted by Gasteiger charge is -2.26. The summed E-state index contributed by atoms with van der Waals surface area (Å²) in [5.74, 6) is 1.58. The normalized spacial score (nSPS) is 12.5. The smallest absolute Gasteiger partial charge is 0.271 e. The SMILES string of the molecule is C/C=C/C(CCn1c2ccccc2c2ccc(-c3ccc(N(c4ccc(OC)cc4)c4ccc(OC)cc4)cc3)cc21)S(=O)(=O)O. The van der Waals surface area contributed by atoms with Crippen LogP contribution in [0.5, 0.6) is 11.5 Å². The molecular weight excluding hydrogens is 596 g/mol. The molecule has 234 valence electrons. The van der Waals surface area contributed by atoms with Crippen molar-refractivity contribution in [1.29, 1.82) is 0 Å². The van der Waals surface area contributed by atoms with Gasteiger partial charge in [-0.05, 0) is 97.3 Å². The Bertz CT molecular complexity index is 2050. The first kappa shape index (κ1) is 31.0. The highest BCUT2D eigenvalue weighted by Gasteiger charge is 2.21. The number of aromatic nitrogens is 1. The summed E-state index contributed by atoms with van der Waals surface area (Å²) in [6.07, 6.45) is 3.45. The van der Waals surface area contributed by atoms with Gasteiger partial charge in [0, 0.05) is 45.4 Å².